The highest BCUT2D eigenvalue weighted by Gasteiger charge is 2.17. The molecule has 0 amide bonds. The van der Waals surface area contributed by atoms with Crippen LogP contribution >= 0.6 is 0 Å². The van der Waals surface area contributed by atoms with Gasteiger partial charge in [-0.3, -0.25) is 9.59 Å². The summed E-state index contributed by atoms with van der Waals surface area (Å²) in [5.41, 5.74) is 2.30. The van der Waals surface area contributed by atoms with Crippen LogP contribution in [0.25, 0.3) is 22.4 Å². The van der Waals surface area contributed by atoms with E-state index in [0.29, 0.717) is 35.1 Å². The number of fused-ring (bicyclic) bond motifs is 1. The van der Waals surface area contributed by atoms with Gasteiger partial charge < -0.3 is 23.3 Å². The molecule has 10 nitrogen and oxygen atoms in total. The van der Waals surface area contributed by atoms with Crippen molar-refractivity contribution < 1.29 is 23.5 Å². The smallest absolute Gasteiger partial charge is 0.306 e. The summed E-state index contributed by atoms with van der Waals surface area (Å²) in [6, 6.07) is 12.7. The maximum Gasteiger partial charge on any atom is 0.306 e. The van der Waals surface area contributed by atoms with Crippen LogP contribution in [0.15, 0.2) is 51.8 Å². The minimum atomic E-state index is -0.494. The van der Waals surface area contributed by atoms with Crippen molar-refractivity contribution in [1.29, 1.82) is 0 Å². The summed E-state index contributed by atoms with van der Waals surface area (Å²) in [7, 11) is 3.09. The summed E-state index contributed by atoms with van der Waals surface area (Å²) in [5.74, 6) is 1.10. The number of benzene rings is 2. The van der Waals surface area contributed by atoms with E-state index < -0.39 is 5.97 Å². The number of para-hydroxylation sites is 2. The number of carbonyl (C=O) groups is 1. The number of ether oxygens (including phenoxy) is 3. The number of methoxy groups -OCH3 is 2. The van der Waals surface area contributed by atoms with Crippen LogP contribution in [-0.2, 0) is 29.1 Å². The van der Waals surface area contributed by atoms with E-state index in [2.05, 4.69) is 22.0 Å². The zero-order valence-corrected chi connectivity index (χ0v) is 20.5. The summed E-state index contributed by atoms with van der Waals surface area (Å²) in [6.07, 6.45) is 2.02. The largest absolute Gasteiger partial charge is 0.497 e. The molecule has 36 heavy (non-hydrogen) atoms. The van der Waals surface area contributed by atoms with Gasteiger partial charge in [-0.25, -0.2) is 4.98 Å². The number of hydrogen-bond donors (Lipinski definition) is 0. The highest BCUT2D eigenvalue weighted by atomic mass is 16.6. The van der Waals surface area contributed by atoms with E-state index in [4.69, 9.17) is 18.7 Å². The molecule has 0 unspecified atom stereocenters. The predicted molar refractivity (Wildman–Crippen MR) is 132 cm³/mol. The van der Waals surface area contributed by atoms with Gasteiger partial charge in [0.05, 0.1) is 37.2 Å². The fourth-order valence-corrected chi connectivity index (χ4v) is 3.79. The molecule has 0 fully saturated rings. The zero-order chi connectivity index (χ0) is 25.5. The van der Waals surface area contributed by atoms with E-state index in [-0.39, 0.29) is 30.9 Å². The van der Waals surface area contributed by atoms with Crippen molar-refractivity contribution in [2.24, 2.45) is 0 Å². The van der Waals surface area contributed by atoms with Crippen molar-refractivity contribution in [1.82, 2.24) is 19.7 Å². The first-order chi connectivity index (χ1) is 17.5. The van der Waals surface area contributed by atoms with Crippen molar-refractivity contribution in [3.63, 3.8) is 0 Å². The summed E-state index contributed by atoms with van der Waals surface area (Å²) in [4.78, 5) is 34.2. The normalized spacial score (nSPS) is 11.0. The van der Waals surface area contributed by atoms with Crippen LogP contribution in [0.3, 0.4) is 0 Å². The van der Waals surface area contributed by atoms with Gasteiger partial charge in [-0.1, -0.05) is 30.6 Å². The number of esters is 1. The van der Waals surface area contributed by atoms with E-state index in [1.165, 1.54) is 7.11 Å². The second-order valence-electron chi connectivity index (χ2n) is 8.10. The number of aromatic nitrogens is 4. The average Bonchev–Trinajstić information content (AvgIpc) is 3.38. The lowest BCUT2D eigenvalue weighted by Crippen LogP contribution is -2.26. The second-order valence-corrected chi connectivity index (χ2v) is 8.10. The number of carbonyl (C=O) groups excluding carboxylic acids is 1. The third-order valence-corrected chi connectivity index (χ3v) is 5.70. The van der Waals surface area contributed by atoms with Gasteiger partial charge in [0.2, 0.25) is 5.82 Å². The lowest BCUT2D eigenvalue weighted by atomic mass is 10.2. The Morgan fingerprint density at radius 2 is 1.92 bits per heavy atom. The summed E-state index contributed by atoms with van der Waals surface area (Å²) in [5, 5.41) is 3.94. The minimum Gasteiger partial charge on any atom is -0.497 e. The van der Waals surface area contributed by atoms with Crippen LogP contribution in [0.1, 0.15) is 37.8 Å². The fraction of sp³-hybridized carbons (Fsp3) is 0.346. The Hall–Kier alpha value is -4.21. The van der Waals surface area contributed by atoms with Crippen molar-refractivity contribution in [2.75, 3.05) is 14.2 Å². The van der Waals surface area contributed by atoms with E-state index in [1.54, 1.807) is 29.9 Å². The molecule has 188 valence electrons. The van der Waals surface area contributed by atoms with Crippen LogP contribution in [0.4, 0.5) is 0 Å². The first-order valence-corrected chi connectivity index (χ1v) is 11.7. The number of nitrogens with zero attached hydrogens (tertiary/aromatic N) is 4. The summed E-state index contributed by atoms with van der Waals surface area (Å²) >= 11 is 0. The first-order valence-electron chi connectivity index (χ1n) is 11.7. The van der Waals surface area contributed by atoms with Crippen LogP contribution in [0, 0.1) is 0 Å². The first kappa shape index (κ1) is 24.9. The molecular weight excluding hydrogens is 464 g/mol. The molecular formula is C26H28N4O6. The molecule has 0 saturated heterocycles. The Morgan fingerprint density at radius 1 is 1.08 bits per heavy atom. The zero-order valence-electron chi connectivity index (χ0n) is 20.5. The number of hydrogen-bond acceptors (Lipinski definition) is 9. The van der Waals surface area contributed by atoms with Gasteiger partial charge in [0.1, 0.15) is 17.2 Å². The summed E-state index contributed by atoms with van der Waals surface area (Å²) in [6.45, 7) is 2.50. The van der Waals surface area contributed by atoms with E-state index >= 15 is 0 Å². The Labute approximate surface area is 207 Å². The predicted octanol–water partition coefficient (Wildman–Crippen LogP) is 3.94. The van der Waals surface area contributed by atoms with Crippen molar-refractivity contribution >= 4 is 17.0 Å². The van der Waals surface area contributed by atoms with Gasteiger partial charge in [0, 0.05) is 19.0 Å². The van der Waals surface area contributed by atoms with Crippen LogP contribution in [0.5, 0.6) is 11.5 Å². The molecule has 0 aliphatic rings. The molecule has 0 aliphatic heterocycles. The molecule has 4 rings (SSSR count). The van der Waals surface area contributed by atoms with Gasteiger partial charge in [-0.15, -0.1) is 0 Å². The van der Waals surface area contributed by atoms with Gasteiger partial charge in [-0.2, -0.15) is 4.98 Å². The van der Waals surface area contributed by atoms with E-state index in [1.807, 2.05) is 24.3 Å². The third-order valence-electron chi connectivity index (χ3n) is 5.70. The SMILES string of the molecule is CCCCn1c(=O)c(CCC(=O)OCc2nc(-c3ccc(OC)cc3OC)no2)nc2ccccc21. The molecule has 0 N–H and O–H groups in total. The van der Waals surface area contributed by atoms with Gasteiger partial charge in [0.15, 0.2) is 6.61 Å². The lowest BCUT2D eigenvalue weighted by Gasteiger charge is -2.11. The molecule has 10 heteroatoms. The quantitative estimate of drug-likeness (QED) is 0.287. The van der Waals surface area contributed by atoms with E-state index in [9.17, 15) is 9.59 Å². The number of aryl methyl sites for hydroxylation is 2. The fourth-order valence-electron chi connectivity index (χ4n) is 3.79. The highest BCUT2D eigenvalue weighted by Crippen LogP contribution is 2.31. The maximum absolute atomic E-state index is 13.0. The Balaban J connectivity index is 1.40. The molecule has 0 saturated carbocycles. The van der Waals surface area contributed by atoms with Gasteiger partial charge >= 0.3 is 5.97 Å². The van der Waals surface area contributed by atoms with Crippen LogP contribution in [-0.4, -0.2) is 39.9 Å². The highest BCUT2D eigenvalue weighted by molar-refractivity contribution is 5.75. The number of rotatable bonds is 11. The van der Waals surface area contributed by atoms with Crippen LogP contribution < -0.4 is 15.0 Å². The average molecular weight is 493 g/mol. The lowest BCUT2D eigenvalue weighted by molar-refractivity contribution is -0.145. The molecule has 0 aliphatic carbocycles. The van der Waals surface area contributed by atoms with Crippen molar-refractivity contribution in [2.45, 2.75) is 45.8 Å². The van der Waals surface area contributed by atoms with Crippen LogP contribution in [0.2, 0.25) is 0 Å². The molecule has 2 aromatic heterocycles. The van der Waals surface area contributed by atoms with Crippen molar-refractivity contribution in [3.05, 3.63) is 64.4 Å². The maximum atomic E-state index is 13.0. The molecule has 0 radical (unpaired) electrons. The molecule has 2 aromatic carbocycles. The Kier molecular flexibility index (Phi) is 7.94. The molecule has 0 bridgehead atoms. The van der Waals surface area contributed by atoms with Gasteiger partial charge in [-0.05, 0) is 30.7 Å². The molecule has 2 heterocycles. The standard InChI is InChI=1S/C26H28N4O6/c1-4-5-14-30-21-9-7-6-8-19(21)27-20(26(30)32)12-13-24(31)35-16-23-28-25(29-36-23)18-11-10-17(33-2)15-22(18)34-3/h6-11,15H,4-5,12-14,16H2,1-3H3. The summed E-state index contributed by atoms with van der Waals surface area (Å²) < 4.78 is 22.8. The molecule has 4 aromatic rings. The molecule has 0 atom stereocenters. The minimum absolute atomic E-state index is 0.00164. The van der Waals surface area contributed by atoms with E-state index in [0.717, 1.165) is 23.9 Å². The second kappa shape index (κ2) is 11.5. The Bertz CT molecular complexity index is 1410. The Morgan fingerprint density at radius 3 is 2.69 bits per heavy atom. The monoisotopic (exact) mass is 492 g/mol. The third kappa shape index (κ3) is 5.54. The molecule has 0 spiro atoms. The number of unbranched alkanes of at least 4 members (excludes halogenated alkanes) is 1. The van der Waals surface area contributed by atoms with Crippen molar-refractivity contribution in [3.8, 4) is 22.9 Å². The topological polar surface area (TPSA) is 119 Å². The van der Waals surface area contributed by atoms with Gasteiger partial charge in [0.25, 0.3) is 11.4 Å².